The Kier molecular flexibility index (Phi) is 6.01. The van der Waals surface area contributed by atoms with Crippen molar-refractivity contribution in [3.63, 3.8) is 0 Å². The minimum Gasteiger partial charge on any atom is -0.497 e. The average Bonchev–Trinajstić information content (AvgIpc) is 2.36. The van der Waals surface area contributed by atoms with Gasteiger partial charge in [-0.2, -0.15) is 0 Å². The van der Waals surface area contributed by atoms with Gasteiger partial charge in [-0.25, -0.2) is 0 Å². The van der Waals surface area contributed by atoms with Crippen molar-refractivity contribution in [1.82, 2.24) is 4.90 Å². The van der Waals surface area contributed by atoms with Crippen LogP contribution in [0.15, 0.2) is 24.3 Å². The topological polar surface area (TPSA) is 38.5 Å². The lowest BCUT2D eigenvalue weighted by molar-refractivity contribution is 0.309. The Morgan fingerprint density at radius 2 is 1.94 bits per heavy atom. The molecule has 1 rings (SSSR count). The van der Waals surface area contributed by atoms with Crippen LogP contribution in [0.25, 0.3) is 0 Å². The van der Waals surface area contributed by atoms with Crippen LogP contribution < -0.4 is 10.5 Å². The lowest BCUT2D eigenvalue weighted by Gasteiger charge is -2.18. The van der Waals surface area contributed by atoms with Crippen molar-refractivity contribution in [2.45, 2.75) is 32.4 Å². The van der Waals surface area contributed by atoms with Gasteiger partial charge in [0.05, 0.1) is 7.11 Å². The molecule has 0 spiro atoms. The summed E-state index contributed by atoms with van der Waals surface area (Å²) in [7, 11) is 3.82. The molecule has 0 fully saturated rings. The quantitative estimate of drug-likeness (QED) is 0.789. The highest BCUT2D eigenvalue weighted by atomic mass is 16.5. The van der Waals surface area contributed by atoms with Crippen molar-refractivity contribution < 1.29 is 4.74 Å². The Balaban J connectivity index is 2.36. The van der Waals surface area contributed by atoms with Gasteiger partial charge in [0.15, 0.2) is 0 Å². The van der Waals surface area contributed by atoms with Crippen LogP contribution in [-0.2, 0) is 6.54 Å². The third-order valence-corrected chi connectivity index (χ3v) is 3.02. The van der Waals surface area contributed by atoms with Gasteiger partial charge in [0.25, 0.3) is 0 Å². The second-order valence-electron chi connectivity index (χ2n) is 4.54. The lowest BCUT2D eigenvalue weighted by Crippen LogP contribution is -2.27. The molecular formula is C14H24N2O. The Hall–Kier alpha value is -1.06. The number of hydrogen-bond acceptors (Lipinski definition) is 3. The number of nitrogens with zero attached hydrogens (tertiary/aromatic N) is 1. The fourth-order valence-corrected chi connectivity index (χ4v) is 1.71. The monoisotopic (exact) mass is 236 g/mol. The van der Waals surface area contributed by atoms with Crippen LogP contribution in [0.4, 0.5) is 0 Å². The van der Waals surface area contributed by atoms with Crippen LogP contribution in [0.2, 0.25) is 0 Å². The van der Waals surface area contributed by atoms with Crippen LogP contribution >= 0.6 is 0 Å². The second kappa shape index (κ2) is 7.30. The van der Waals surface area contributed by atoms with E-state index in [0.717, 1.165) is 31.7 Å². The molecular weight excluding hydrogens is 212 g/mol. The van der Waals surface area contributed by atoms with E-state index in [1.807, 2.05) is 12.1 Å². The zero-order chi connectivity index (χ0) is 12.7. The number of methoxy groups -OCH3 is 1. The molecule has 0 aromatic heterocycles. The highest BCUT2D eigenvalue weighted by Crippen LogP contribution is 2.12. The van der Waals surface area contributed by atoms with E-state index >= 15 is 0 Å². The van der Waals surface area contributed by atoms with Crippen molar-refractivity contribution in [2.75, 3.05) is 20.7 Å². The van der Waals surface area contributed by atoms with E-state index in [2.05, 4.69) is 31.0 Å². The molecule has 0 saturated heterocycles. The van der Waals surface area contributed by atoms with Gasteiger partial charge in [-0.3, -0.25) is 0 Å². The van der Waals surface area contributed by atoms with Crippen molar-refractivity contribution in [3.05, 3.63) is 29.8 Å². The van der Waals surface area contributed by atoms with Crippen LogP contribution in [-0.4, -0.2) is 31.6 Å². The molecule has 0 radical (unpaired) electrons. The summed E-state index contributed by atoms with van der Waals surface area (Å²) in [6.07, 6.45) is 2.11. The fraction of sp³-hybridized carbons (Fsp3) is 0.571. The predicted octanol–water partition coefficient (Wildman–Crippen LogP) is 2.25. The number of nitrogens with two attached hydrogens (primary N) is 1. The maximum atomic E-state index is 5.91. The largest absolute Gasteiger partial charge is 0.497 e. The summed E-state index contributed by atoms with van der Waals surface area (Å²) in [6, 6.07) is 8.54. The summed E-state index contributed by atoms with van der Waals surface area (Å²) < 4.78 is 5.14. The molecule has 0 aliphatic rings. The first kappa shape index (κ1) is 14.0. The standard InChI is InChI=1S/C14H24N2O/c1-4-13(15)9-10-16(2)11-12-5-7-14(17-3)8-6-12/h5-8,13H,4,9-11,15H2,1-3H3. The van der Waals surface area contributed by atoms with Crippen molar-refractivity contribution in [1.29, 1.82) is 0 Å². The first-order valence-corrected chi connectivity index (χ1v) is 6.22. The Morgan fingerprint density at radius 3 is 2.47 bits per heavy atom. The van der Waals surface area contributed by atoms with E-state index in [1.165, 1.54) is 5.56 Å². The molecule has 0 heterocycles. The van der Waals surface area contributed by atoms with Crippen LogP contribution in [0.1, 0.15) is 25.3 Å². The summed E-state index contributed by atoms with van der Waals surface area (Å²) >= 11 is 0. The Morgan fingerprint density at radius 1 is 1.29 bits per heavy atom. The molecule has 0 amide bonds. The van der Waals surface area contributed by atoms with E-state index < -0.39 is 0 Å². The van der Waals surface area contributed by atoms with Crippen LogP contribution in [0.3, 0.4) is 0 Å². The van der Waals surface area contributed by atoms with Gasteiger partial charge in [0.1, 0.15) is 5.75 Å². The molecule has 0 saturated carbocycles. The zero-order valence-corrected chi connectivity index (χ0v) is 11.1. The zero-order valence-electron chi connectivity index (χ0n) is 11.1. The fourth-order valence-electron chi connectivity index (χ4n) is 1.71. The Labute approximate surface area is 105 Å². The molecule has 0 bridgehead atoms. The van der Waals surface area contributed by atoms with E-state index in [-0.39, 0.29) is 0 Å². The molecule has 0 aliphatic carbocycles. The normalized spacial score (nSPS) is 12.8. The smallest absolute Gasteiger partial charge is 0.118 e. The SMILES string of the molecule is CCC(N)CCN(C)Cc1ccc(OC)cc1. The van der Waals surface area contributed by atoms with E-state index in [0.29, 0.717) is 6.04 Å². The van der Waals surface area contributed by atoms with Crippen LogP contribution in [0.5, 0.6) is 5.75 Å². The molecule has 2 N–H and O–H groups in total. The Bertz CT molecular complexity index is 311. The highest BCUT2D eigenvalue weighted by molar-refractivity contribution is 5.26. The summed E-state index contributed by atoms with van der Waals surface area (Å²) in [5.41, 5.74) is 7.21. The number of ether oxygens (including phenoxy) is 1. The summed E-state index contributed by atoms with van der Waals surface area (Å²) in [6.45, 7) is 4.13. The molecule has 96 valence electrons. The number of rotatable bonds is 7. The average molecular weight is 236 g/mol. The molecule has 1 atom stereocenters. The van der Waals surface area contributed by atoms with Crippen LogP contribution in [0, 0.1) is 0 Å². The molecule has 1 aromatic carbocycles. The number of benzene rings is 1. The molecule has 0 aliphatic heterocycles. The third-order valence-electron chi connectivity index (χ3n) is 3.02. The van der Waals surface area contributed by atoms with Gasteiger partial charge in [0.2, 0.25) is 0 Å². The first-order chi connectivity index (χ1) is 8.15. The summed E-state index contributed by atoms with van der Waals surface area (Å²) in [5.74, 6) is 0.907. The van der Waals surface area contributed by atoms with E-state index in [4.69, 9.17) is 10.5 Å². The van der Waals surface area contributed by atoms with E-state index in [1.54, 1.807) is 7.11 Å². The highest BCUT2D eigenvalue weighted by Gasteiger charge is 2.04. The van der Waals surface area contributed by atoms with Gasteiger partial charge in [0, 0.05) is 12.6 Å². The molecule has 3 heteroatoms. The molecule has 1 unspecified atom stereocenters. The third kappa shape index (κ3) is 5.20. The number of hydrogen-bond donors (Lipinski definition) is 1. The predicted molar refractivity (Wildman–Crippen MR) is 72.2 cm³/mol. The first-order valence-electron chi connectivity index (χ1n) is 6.22. The van der Waals surface area contributed by atoms with Crippen molar-refractivity contribution in [2.24, 2.45) is 5.73 Å². The summed E-state index contributed by atoms with van der Waals surface area (Å²) in [4.78, 5) is 2.30. The van der Waals surface area contributed by atoms with Gasteiger partial charge >= 0.3 is 0 Å². The van der Waals surface area contributed by atoms with E-state index in [9.17, 15) is 0 Å². The minimum absolute atomic E-state index is 0.327. The van der Waals surface area contributed by atoms with Crippen molar-refractivity contribution >= 4 is 0 Å². The van der Waals surface area contributed by atoms with Gasteiger partial charge in [-0.05, 0) is 44.1 Å². The second-order valence-corrected chi connectivity index (χ2v) is 4.54. The molecule has 1 aromatic rings. The van der Waals surface area contributed by atoms with Gasteiger partial charge < -0.3 is 15.4 Å². The molecule has 17 heavy (non-hydrogen) atoms. The lowest BCUT2D eigenvalue weighted by atomic mass is 10.1. The van der Waals surface area contributed by atoms with Crippen molar-refractivity contribution in [3.8, 4) is 5.75 Å². The maximum absolute atomic E-state index is 5.91. The summed E-state index contributed by atoms with van der Waals surface area (Å²) in [5, 5.41) is 0. The van der Waals surface area contributed by atoms with Gasteiger partial charge in [-0.1, -0.05) is 19.1 Å². The van der Waals surface area contributed by atoms with Gasteiger partial charge in [-0.15, -0.1) is 0 Å². The minimum atomic E-state index is 0.327. The molecule has 3 nitrogen and oxygen atoms in total. The maximum Gasteiger partial charge on any atom is 0.118 e.